The maximum absolute atomic E-state index is 10.7. The first kappa shape index (κ1) is 10.4. The molecule has 0 bridgehead atoms. The van der Waals surface area contributed by atoms with Gasteiger partial charge in [0.15, 0.2) is 0 Å². The van der Waals surface area contributed by atoms with E-state index in [-0.39, 0.29) is 4.90 Å². The second-order valence-electron chi connectivity index (χ2n) is 2.03. The van der Waals surface area contributed by atoms with Gasteiger partial charge in [0, 0.05) is 3.57 Å². The van der Waals surface area contributed by atoms with Crippen molar-refractivity contribution in [2.75, 3.05) is 0 Å². The highest BCUT2D eigenvalue weighted by Crippen LogP contribution is 2.26. The van der Waals surface area contributed by atoms with Gasteiger partial charge in [0.05, 0.1) is 4.47 Å². The van der Waals surface area contributed by atoms with Crippen LogP contribution in [0.5, 0.6) is 0 Å². The average molecular weight is 363 g/mol. The van der Waals surface area contributed by atoms with Crippen molar-refractivity contribution in [3.8, 4) is 0 Å². The first-order valence-corrected chi connectivity index (χ1v) is 6.15. The third-order valence-corrected chi connectivity index (χ3v) is 4.85. The third kappa shape index (κ3) is 2.18. The van der Waals surface area contributed by atoms with E-state index < -0.39 is 10.1 Å². The van der Waals surface area contributed by atoms with E-state index in [1.54, 1.807) is 12.1 Å². The maximum Gasteiger partial charge on any atom is 0.295 e. The first-order valence-electron chi connectivity index (χ1n) is 2.84. The van der Waals surface area contributed by atoms with E-state index in [1.807, 2.05) is 22.6 Å². The second kappa shape index (κ2) is 3.60. The fourth-order valence-corrected chi connectivity index (χ4v) is 2.83. The van der Waals surface area contributed by atoms with E-state index in [4.69, 9.17) is 4.55 Å². The van der Waals surface area contributed by atoms with Crippen LogP contribution in [-0.2, 0) is 10.1 Å². The summed E-state index contributed by atoms with van der Waals surface area (Å²) in [5.41, 5.74) is 0. The summed E-state index contributed by atoms with van der Waals surface area (Å²) in [5, 5.41) is 0. The molecule has 0 unspecified atom stereocenters. The van der Waals surface area contributed by atoms with Crippen molar-refractivity contribution < 1.29 is 13.0 Å². The van der Waals surface area contributed by atoms with Gasteiger partial charge in [-0.15, -0.1) is 0 Å². The Morgan fingerprint density at radius 3 is 2.42 bits per heavy atom. The Morgan fingerprint density at radius 2 is 2.00 bits per heavy atom. The van der Waals surface area contributed by atoms with E-state index in [0.717, 1.165) is 3.57 Å². The van der Waals surface area contributed by atoms with Crippen molar-refractivity contribution >= 4 is 48.6 Å². The van der Waals surface area contributed by atoms with Crippen LogP contribution < -0.4 is 0 Å². The van der Waals surface area contributed by atoms with Gasteiger partial charge in [0.2, 0.25) is 0 Å². The zero-order chi connectivity index (χ0) is 9.35. The van der Waals surface area contributed by atoms with E-state index in [1.165, 1.54) is 6.07 Å². The van der Waals surface area contributed by atoms with Gasteiger partial charge in [0.1, 0.15) is 4.90 Å². The van der Waals surface area contributed by atoms with Crippen LogP contribution in [0, 0.1) is 3.57 Å². The van der Waals surface area contributed by atoms with Crippen LogP contribution in [0.3, 0.4) is 0 Å². The molecule has 6 heteroatoms. The molecule has 66 valence electrons. The molecule has 0 radical (unpaired) electrons. The minimum absolute atomic E-state index is 0.102. The predicted molar refractivity (Wildman–Crippen MR) is 56.7 cm³/mol. The molecule has 0 spiro atoms. The molecule has 0 aliphatic heterocycles. The zero-order valence-corrected chi connectivity index (χ0v) is 10.2. The molecule has 1 rings (SSSR count). The monoisotopic (exact) mass is 362 g/mol. The Hall–Kier alpha value is 0.340. The van der Waals surface area contributed by atoms with E-state index in [9.17, 15) is 8.42 Å². The Kier molecular flexibility index (Phi) is 3.13. The van der Waals surface area contributed by atoms with Crippen molar-refractivity contribution in [3.63, 3.8) is 0 Å². The lowest BCUT2D eigenvalue weighted by Gasteiger charge is -2.01. The SMILES string of the molecule is O=S(=O)(O)c1cccc(I)c1Br. The van der Waals surface area contributed by atoms with Crippen LogP contribution in [0.15, 0.2) is 27.6 Å². The van der Waals surface area contributed by atoms with Crippen LogP contribution in [-0.4, -0.2) is 13.0 Å². The normalized spacial score (nSPS) is 11.6. The van der Waals surface area contributed by atoms with Crippen LogP contribution in [0.25, 0.3) is 0 Å². The highest BCUT2D eigenvalue weighted by atomic mass is 127. The number of rotatable bonds is 1. The summed E-state index contributed by atoms with van der Waals surface area (Å²) in [6.45, 7) is 0. The van der Waals surface area contributed by atoms with Crippen molar-refractivity contribution in [2.24, 2.45) is 0 Å². The minimum Gasteiger partial charge on any atom is -0.282 e. The largest absolute Gasteiger partial charge is 0.295 e. The molecule has 0 aromatic heterocycles. The summed E-state index contributed by atoms with van der Waals surface area (Å²) in [7, 11) is -4.11. The molecule has 0 fully saturated rings. The van der Waals surface area contributed by atoms with E-state index >= 15 is 0 Å². The average Bonchev–Trinajstić information content (AvgIpc) is 1.92. The third-order valence-electron chi connectivity index (χ3n) is 1.19. The van der Waals surface area contributed by atoms with Gasteiger partial charge in [-0.2, -0.15) is 8.42 Å². The van der Waals surface area contributed by atoms with Crippen LogP contribution in [0.2, 0.25) is 0 Å². The van der Waals surface area contributed by atoms with E-state index in [0.29, 0.717) is 4.47 Å². The zero-order valence-electron chi connectivity index (χ0n) is 5.66. The Balaban J connectivity index is 3.47. The summed E-state index contributed by atoms with van der Waals surface area (Å²) >= 11 is 5.04. The summed E-state index contributed by atoms with van der Waals surface area (Å²) in [5.74, 6) is 0. The molecular weight excluding hydrogens is 359 g/mol. The highest BCUT2D eigenvalue weighted by Gasteiger charge is 2.14. The Bertz CT molecular complexity index is 401. The second-order valence-corrected chi connectivity index (χ2v) is 5.37. The Morgan fingerprint density at radius 1 is 1.42 bits per heavy atom. The molecule has 12 heavy (non-hydrogen) atoms. The van der Waals surface area contributed by atoms with Crippen LogP contribution in [0.4, 0.5) is 0 Å². The summed E-state index contributed by atoms with van der Waals surface area (Å²) in [4.78, 5) is -0.102. The molecule has 1 aromatic carbocycles. The molecule has 3 nitrogen and oxygen atoms in total. The van der Waals surface area contributed by atoms with Gasteiger partial charge in [-0.05, 0) is 50.7 Å². The summed E-state index contributed by atoms with van der Waals surface area (Å²) < 4.78 is 31.3. The van der Waals surface area contributed by atoms with Gasteiger partial charge in [-0.1, -0.05) is 6.07 Å². The van der Waals surface area contributed by atoms with Gasteiger partial charge in [-0.3, -0.25) is 4.55 Å². The molecule has 0 aliphatic carbocycles. The van der Waals surface area contributed by atoms with Crippen molar-refractivity contribution in [1.29, 1.82) is 0 Å². The van der Waals surface area contributed by atoms with Crippen molar-refractivity contribution in [1.82, 2.24) is 0 Å². The minimum atomic E-state index is -4.11. The van der Waals surface area contributed by atoms with Crippen LogP contribution in [0.1, 0.15) is 0 Å². The Labute approximate surface area is 92.2 Å². The number of halogens is 2. The van der Waals surface area contributed by atoms with Gasteiger partial charge < -0.3 is 0 Å². The molecule has 0 saturated carbocycles. The summed E-state index contributed by atoms with van der Waals surface area (Å²) in [6, 6.07) is 4.64. The topological polar surface area (TPSA) is 54.4 Å². The molecule has 0 aliphatic rings. The number of hydrogen-bond acceptors (Lipinski definition) is 2. The lowest BCUT2D eigenvalue weighted by Crippen LogP contribution is -1.99. The van der Waals surface area contributed by atoms with E-state index in [2.05, 4.69) is 15.9 Å². The molecule has 0 saturated heterocycles. The summed E-state index contributed by atoms with van der Waals surface area (Å²) in [6.07, 6.45) is 0. The molecular formula is C6H4BrIO3S. The quantitative estimate of drug-likeness (QED) is 0.616. The van der Waals surface area contributed by atoms with Gasteiger partial charge in [0.25, 0.3) is 10.1 Å². The number of hydrogen-bond donors (Lipinski definition) is 1. The molecule has 1 aromatic rings. The first-order chi connectivity index (χ1) is 5.43. The van der Waals surface area contributed by atoms with Crippen molar-refractivity contribution in [2.45, 2.75) is 4.90 Å². The number of benzene rings is 1. The lowest BCUT2D eigenvalue weighted by atomic mass is 10.4. The molecule has 0 atom stereocenters. The van der Waals surface area contributed by atoms with Crippen molar-refractivity contribution in [3.05, 3.63) is 26.2 Å². The van der Waals surface area contributed by atoms with Crippen LogP contribution >= 0.6 is 38.5 Å². The molecule has 0 amide bonds. The molecule has 0 heterocycles. The standard InChI is InChI=1S/C6H4BrIO3S/c7-6-4(8)2-1-3-5(6)12(9,10)11/h1-3H,(H,9,10,11). The maximum atomic E-state index is 10.7. The fraction of sp³-hybridized carbons (Fsp3) is 0. The van der Waals surface area contributed by atoms with Gasteiger partial charge >= 0.3 is 0 Å². The highest BCUT2D eigenvalue weighted by molar-refractivity contribution is 14.1. The lowest BCUT2D eigenvalue weighted by molar-refractivity contribution is 0.482. The molecule has 1 N–H and O–H groups in total. The van der Waals surface area contributed by atoms with Gasteiger partial charge in [-0.25, -0.2) is 0 Å². The fourth-order valence-electron chi connectivity index (χ4n) is 0.683. The predicted octanol–water partition coefficient (Wildman–Crippen LogP) is 2.30. The smallest absolute Gasteiger partial charge is 0.282 e.